The molecular weight excluding hydrogens is 276 g/mol. The van der Waals surface area contributed by atoms with E-state index in [2.05, 4.69) is 53.5 Å². The molecule has 2 heterocycles. The third kappa shape index (κ3) is 2.98. The number of aliphatic imine (C=N–C) groups is 1. The molecule has 0 aliphatic carbocycles. The summed E-state index contributed by atoms with van der Waals surface area (Å²) in [6.45, 7) is 6.46. The van der Waals surface area contributed by atoms with Gasteiger partial charge in [-0.15, -0.1) is 0 Å². The summed E-state index contributed by atoms with van der Waals surface area (Å²) >= 11 is 0. The van der Waals surface area contributed by atoms with Gasteiger partial charge in [-0.05, 0) is 31.4 Å². The molecule has 22 heavy (non-hydrogen) atoms. The summed E-state index contributed by atoms with van der Waals surface area (Å²) in [4.78, 5) is 6.96. The van der Waals surface area contributed by atoms with Crippen LogP contribution in [0.3, 0.4) is 0 Å². The fraction of sp³-hybridized carbons (Fsp3) is 0.412. The number of guanidine groups is 1. The highest BCUT2D eigenvalue weighted by atomic mass is 16.5. The van der Waals surface area contributed by atoms with Crippen molar-refractivity contribution < 1.29 is 4.52 Å². The number of nitrogens with one attached hydrogen (secondary N) is 1. The summed E-state index contributed by atoms with van der Waals surface area (Å²) in [7, 11) is 0. The zero-order valence-electron chi connectivity index (χ0n) is 13.2. The van der Waals surface area contributed by atoms with Crippen LogP contribution in [0.25, 0.3) is 0 Å². The number of rotatable bonds is 4. The molecular formula is C17H22N4O. The van der Waals surface area contributed by atoms with Gasteiger partial charge in [0.1, 0.15) is 6.54 Å². The van der Waals surface area contributed by atoms with Crippen LogP contribution in [0.15, 0.2) is 39.8 Å². The molecule has 1 aliphatic rings. The molecule has 0 fully saturated rings. The van der Waals surface area contributed by atoms with Crippen molar-refractivity contribution in [2.45, 2.75) is 33.2 Å². The molecule has 1 aromatic heterocycles. The molecule has 116 valence electrons. The highest BCUT2D eigenvalue weighted by Gasteiger charge is 2.22. The molecule has 1 N–H and O–H groups in total. The molecule has 2 aromatic rings. The molecule has 1 aromatic carbocycles. The van der Waals surface area contributed by atoms with Gasteiger partial charge in [-0.3, -0.25) is 0 Å². The van der Waals surface area contributed by atoms with E-state index in [1.54, 1.807) is 0 Å². The number of fused-ring (bicyclic) bond motifs is 1. The zero-order valence-corrected chi connectivity index (χ0v) is 13.2. The maximum Gasteiger partial charge on any atom is 0.198 e. The lowest BCUT2D eigenvalue weighted by atomic mass is 10.2. The van der Waals surface area contributed by atoms with E-state index in [9.17, 15) is 0 Å². The maximum absolute atomic E-state index is 5.31. The Bertz CT molecular complexity index is 662. The first kappa shape index (κ1) is 14.6. The average molecular weight is 298 g/mol. The van der Waals surface area contributed by atoms with Gasteiger partial charge in [0.15, 0.2) is 11.7 Å². The van der Waals surface area contributed by atoms with Gasteiger partial charge in [0.2, 0.25) is 0 Å². The lowest BCUT2D eigenvalue weighted by Crippen LogP contribution is -2.40. The third-order valence-electron chi connectivity index (χ3n) is 3.83. The van der Waals surface area contributed by atoms with Gasteiger partial charge in [-0.25, -0.2) is 4.99 Å². The van der Waals surface area contributed by atoms with Crippen LogP contribution in [0.1, 0.15) is 30.9 Å². The Morgan fingerprint density at radius 2 is 2.23 bits per heavy atom. The monoisotopic (exact) mass is 298 g/mol. The van der Waals surface area contributed by atoms with Crippen LogP contribution in [0.4, 0.5) is 5.69 Å². The smallest absolute Gasteiger partial charge is 0.198 e. The Kier molecular flexibility index (Phi) is 4.42. The average Bonchev–Trinajstić information content (AvgIpc) is 3.18. The van der Waals surface area contributed by atoms with Gasteiger partial charge in [0.25, 0.3) is 0 Å². The Hall–Kier alpha value is -2.30. The fourth-order valence-electron chi connectivity index (χ4n) is 2.70. The van der Waals surface area contributed by atoms with E-state index in [-0.39, 0.29) is 0 Å². The first-order chi connectivity index (χ1) is 10.8. The number of para-hydroxylation sites is 1. The fourth-order valence-corrected chi connectivity index (χ4v) is 2.70. The Labute approximate surface area is 131 Å². The maximum atomic E-state index is 5.31. The van der Waals surface area contributed by atoms with E-state index in [1.165, 1.54) is 11.3 Å². The van der Waals surface area contributed by atoms with Crippen LogP contribution in [-0.4, -0.2) is 24.2 Å². The highest BCUT2D eigenvalue weighted by Crippen LogP contribution is 2.27. The van der Waals surface area contributed by atoms with Crippen LogP contribution in [0.5, 0.6) is 0 Å². The summed E-state index contributed by atoms with van der Waals surface area (Å²) in [5.41, 5.74) is 3.59. The third-order valence-corrected chi connectivity index (χ3v) is 3.83. The summed E-state index contributed by atoms with van der Waals surface area (Å²) in [6, 6.07) is 10.5. The van der Waals surface area contributed by atoms with E-state index in [0.717, 1.165) is 43.3 Å². The lowest BCUT2D eigenvalue weighted by Gasteiger charge is -2.22. The van der Waals surface area contributed by atoms with E-state index in [0.29, 0.717) is 6.54 Å². The highest BCUT2D eigenvalue weighted by molar-refractivity contribution is 5.97. The summed E-state index contributed by atoms with van der Waals surface area (Å²) in [5.74, 6) is 1.71. The van der Waals surface area contributed by atoms with Gasteiger partial charge in [0, 0.05) is 24.8 Å². The van der Waals surface area contributed by atoms with Crippen molar-refractivity contribution in [1.82, 2.24) is 10.5 Å². The number of hydrogen-bond acceptors (Lipinski definition) is 3. The lowest BCUT2D eigenvalue weighted by molar-refractivity contribution is 0.379. The molecule has 0 bridgehead atoms. The van der Waals surface area contributed by atoms with Gasteiger partial charge in [0.05, 0.1) is 5.69 Å². The van der Waals surface area contributed by atoms with Crippen LogP contribution in [0, 0.1) is 0 Å². The predicted molar refractivity (Wildman–Crippen MR) is 88.2 cm³/mol. The van der Waals surface area contributed by atoms with Crippen LogP contribution < -0.4 is 10.2 Å². The number of benzene rings is 1. The Morgan fingerprint density at radius 3 is 3.00 bits per heavy atom. The number of anilines is 1. The van der Waals surface area contributed by atoms with Crippen molar-refractivity contribution in [3.63, 3.8) is 0 Å². The van der Waals surface area contributed by atoms with Gasteiger partial charge in [-0.1, -0.05) is 30.3 Å². The van der Waals surface area contributed by atoms with E-state index in [1.807, 2.05) is 6.07 Å². The number of aryl methyl sites for hydroxylation is 1. The Balaban J connectivity index is 1.79. The van der Waals surface area contributed by atoms with Gasteiger partial charge >= 0.3 is 0 Å². The standard InChI is InChI=1S/C17H22N4O/c1-3-14-11-15(22-20-14)12-19-17(18-4-2)21-10-9-13-7-5-6-8-16(13)21/h5-8,11H,3-4,9-10,12H2,1-2H3,(H,18,19). The zero-order chi connectivity index (χ0) is 15.4. The first-order valence-corrected chi connectivity index (χ1v) is 7.90. The number of nitrogens with zero attached hydrogens (tertiary/aromatic N) is 3. The second-order valence-electron chi connectivity index (χ2n) is 5.34. The molecule has 5 nitrogen and oxygen atoms in total. The second-order valence-corrected chi connectivity index (χ2v) is 5.34. The van der Waals surface area contributed by atoms with Gasteiger partial charge in [-0.2, -0.15) is 0 Å². The van der Waals surface area contributed by atoms with Crippen molar-refractivity contribution in [3.05, 3.63) is 47.3 Å². The summed E-state index contributed by atoms with van der Waals surface area (Å²) < 4.78 is 5.31. The van der Waals surface area contributed by atoms with E-state index in [4.69, 9.17) is 9.52 Å². The SMILES string of the molecule is CCNC(=NCc1cc(CC)no1)N1CCc2ccccc21. The second kappa shape index (κ2) is 6.64. The van der Waals surface area contributed by atoms with Gasteiger partial charge < -0.3 is 14.7 Å². The first-order valence-electron chi connectivity index (χ1n) is 7.90. The quantitative estimate of drug-likeness (QED) is 0.696. The van der Waals surface area contributed by atoms with Crippen molar-refractivity contribution in [1.29, 1.82) is 0 Å². The molecule has 0 spiro atoms. The largest absolute Gasteiger partial charge is 0.359 e. The van der Waals surface area contributed by atoms with Crippen molar-refractivity contribution in [3.8, 4) is 0 Å². The Morgan fingerprint density at radius 1 is 1.36 bits per heavy atom. The molecule has 0 radical (unpaired) electrons. The topological polar surface area (TPSA) is 53.7 Å². The van der Waals surface area contributed by atoms with E-state index >= 15 is 0 Å². The summed E-state index contributed by atoms with van der Waals surface area (Å²) in [6.07, 6.45) is 1.94. The molecule has 3 rings (SSSR count). The molecule has 0 atom stereocenters. The minimum Gasteiger partial charge on any atom is -0.359 e. The van der Waals surface area contributed by atoms with E-state index < -0.39 is 0 Å². The molecule has 0 saturated carbocycles. The molecule has 0 saturated heterocycles. The summed E-state index contributed by atoms with van der Waals surface area (Å²) in [5, 5.41) is 7.38. The van der Waals surface area contributed by atoms with Crippen molar-refractivity contribution >= 4 is 11.6 Å². The molecule has 0 unspecified atom stereocenters. The van der Waals surface area contributed by atoms with Crippen molar-refractivity contribution in [2.24, 2.45) is 4.99 Å². The van der Waals surface area contributed by atoms with Crippen LogP contribution in [0.2, 0.25) is 0 Å². The van der Waals surface area contributed by atoms with Crippen LogP contribution in [-0.2, 0) is 19.4 Å². The molecule has 1 aliphatic heterocycles. The minimum atomic E-state index is 0.508. The number of hydrogen-bond donors (Lipinski definition) is 1. The predicted octanol–water partition coefficient (Wildman–Crippen LogP) is 2.77. The number of aromatic nitrogens is 1. The normalized spacial score (nSPS) is 14.3. The van der Waals surface area contributed by atoms with Crippen LogP contribution >= 0.6 is 0 Å². The molecule has 0 amide bonds. The van der Waals surface area contributed by atoms with Crippen molar-refractivity contribution in [2.75, 3.05) is 18.0 Å². The molecule has 5 heteroatoms. The minimum absolute atomic E-state index is 0.508.